The van der Waals surface area contributed by atoms with E-state index in [1.807, 2.05) is 13.0 Å². The zero-order valence-electron chi connectivity index (χ0n) is 10.6. The van der Waals surface area contributed by atoms with Crippen LogP contribution in [0.5, 0.6) is 0 Å². The number of hydrogen-bond acceptors (Lipinski definition) is 4. The van der Waals surface area contributed by atoms with E-state index in [0.29, 0.717) is 5.56 Å². The first-order valence-corrected chi connectivity index (χ1v) is 6.24. The molecule has 0 aliphatic heterocycles. The highest BCUT2D eigenvalue weighted by atomic mass is 16.6. The summed E-state index contributed by atoms with van der Waals surface area (Å²) in [7, 11) is 0. The summed E-state index contributed by atoms with van der Waals surface area (Å²) in [5, 5.41) is 22.8. The van der Waals surface area contributed by atoms with Gasteiger partial charge in [0.25, 0.3) is 5.69 Å². The lowest BCUT2D eigenvalue weighted by molar-refractivity contribution is -0.385. The lowest BCUT2D eigenvalue weighted by atomic mass is 10.1. The Balaban J connectivity index is 2.51. The summed E-state index contributed by atoms with van der Waals surface area (Å²) in [5.74, 6) is 0. The third-order valence-electron chi connectivity index (χ3n) is 2.89. The SMILES string of the molecule is CC(NCCCCCO)c1ccccc1[N+](=O)[O-]. The Morgan fingerprint density at radius 3 is 2.72 bits per heavy atom. The molecule has 0 saturated carbocycles. The number of hydrogen-bond donors (Lipinski definition) is 2. The van der Waals surface area contributed by atoms with Crippen molar-refractivity contribution in [3.05, 3.63) is 39.9 Å². The predicted octanol–water partition coefficient (Wildman–Crippen LogP) is 2.41. The van der Waals surface area contributed by atoms with Crippen LogP contribution < -0.4 is 5.32 Å². The molecule has 2 N–H and O–H groups in total. The summed E-state index contributed by atoms with van der Waals surface area (Å²) in [6.45, 7) is 2.95. The highest BCUT2D eigenvalue weighted by Gasteiger charge is 2.17. The number of para-hydroxylation sites is 1. The molecule has 1 atom stereocenters. The number of aliphatic hydroxyl groups is 1. The molecule has 1 rings (SSSR count). The first kappa shape index (κ1) is 14.6. The Hall–Kier alpha value is -1.46. The molecule has 0 aromatic heterocycles. The summed E-state index contributed by atoms with van der Waals surface area (Å²) in [5.41, 5.74) is 0.873. The van der Waals surface area contributed by atoms with Gasteiger partial charge < -0.3 is 10.4 Å². The molecule has 0 aliphatic carbocycles. The van der Waals surface area contributed by atoms with Gasteiger partial charge in [0.05, 0.1) is 4.92 Å². The monoisotopic (exact) mass is 252 g/mol. The van der Waals surface area contributed by atoms with Crippen LogP contribution in [0.4, 0.5) is 5.69 Å². The van der Waals surface area contributed by atoms with Crippen molar-refractivity contribution in [1.29, 1.82) is 0 Å². The lowest BCUT2D eigenvalue weighted by Gasteiger charge is -2.14. The minimum Gasteiger partial charge on any atom is -0.396 e. The van der Waals surface area contributed by atoms with E-state index < -0.39 is 0 Å². The van der Waals surface area contributed by atoms with Gasteiger partial charge in [0, 0.05) is 24.3 Å². The summed E-state index contributed by atoms with van der Waals surface area (Å²) in [6.07, 6.45) is 2.74. The van der Waals surface area contributed by atoms with Gasteiger partial charge in [-0.25, -0.2) is 0 Å². The van der Waals surface area contributed by atoms with E-state index >= 15 is 0 Å². The number of aliphatic hydroxyl groups excluding tert-OH is 1. The fourth-order valence-electron chi connectivity index (χ4n) is 1.86. The van der Waals surface area contributed by atoms with E-state index in [2.05, 4.69) is 5.32 Å². The molecule has 0 bridgehead atoms. The van der Waals surface area contributed by atoms with Crippen LogP contribution in [0.1, 0.15) is 37.8 Å². The molecule has 18 heavy (non-hydrogen) atoms. The Bertz CT molecular complexity index is 382. The van der Waals surface area contributed by atoms with Crippen molar-refractivity contribution in [2.24, 2.45) is 0 Å². The predicted molar refractivity (Wildman–Crippen MR) is 70.5 cm³/mol. The Kier molecular flexibility index (Phi) is 6.32. The molecule has 100 valence electrons. The number of unbranched alkanes of at least 4 members (excludes halogenated alkanes) is 2. The number of nitrogens with zero attached hydrogens (tertiary/aromatic N) is 1. The van der Waals surface area contributed by atoms with Gasteiger partial charge in [-0.1, -0.05) is 18.2 Å². The molecule has 0 saturated heterocycles. The second kappa shape index (κ2) is 7.79. The quantitative estimate of drug-likeness (QED) is 0.423. The second-order valence-corrected chi connectivity index (χ2v) is 4.28. The van der Waals surface area contributed by atoms with E-state index in [-0.39, 0.29) is 23.3 Å². The molecule has 0 spiro atoms. The van der Waals surface area contributed by atoms with Gasteiger partial charge >= 0.3 is 0 Å². The number of nitro benzene ring substituents is 1. The third-order valence-corrected chi connectivity index (χ3v) is 2.89. The summed E-state index contributed by atoms with van der Waals surface area (Å²) in [6, 6.07) is 6.76. The molecule has 0 radical (unpaired) electrons. The third kappa shape index (κ3) is 4.43. The van der Waals surface area contributed by atoms with Crippen LogP contribution in [-0.2, 0) is 0 Å². The topological polar surface area (TPSA) is 75.4 Å². The molecular weight excluding hydrogens is 232 g/mol. The fourth-order valence-corrected chi connectivity index (χ4v) is 1.86. The zero-order chi connectivity index (χ0) is 13.4. The van der Waals surface area contributed by atoms with Crippen molar-refractivity contribution in [3.8, 4) is 0 Å². The largest absolute Gasteiger partial charge is 0.396 e. The first-order chi connectivity index (χ1) is 8.66. The zero-order valence-corrected chi connectivity index (χ0v) is 10.6. The Labute approximate surface area is 107 Å². The maximum Gasteiger partial charge on any atom is 0.274 e. The average molecular weight is 252 g/mol. The molecule has 1 unspecified atom stereocenters. The minimum absolute atomic E-state index is 0.0410. The standard InChI is InChI=1S/C13H20N2O3/c1-11(14-9-5-2-6-10-16)12-7-3-4-8-13(12)15(17)18/h3-4,7-8,11,14,16H,2,5-6,9-10H2,1H3. The van der Waals surface area contributed by atoms with E-state index in [9.17, 15) is 10.1 Å². The second-order valence-electron chi connectivity index (χ2n) is 4.28. The number of rotatable bonds is 8. The minimum atomic E-state index is -0.348. The van der Waals surface area contributed by atoms with Gasteiger partial charge in [-0.15, -0.1) is 0 Å². The molecular formula is C13H20N2O3. The van der Waals surface area contributed by atoms with Crippen molar-refractivity contribution in [1.82, 2.24) is 5.32 Å². The molecule has 0 heterocycles. The molecule has 0 amide bonds. The van der Waals surface area contributed by atoms with Crippen LogP contribution in [0.3, 0.4) is 0 Å². The normalized spacial score (nSPS) is 12.3. The number of nitro groups is 1. The Morgan fingerprint density at radius 1 is 1.33 bits per heavy atom. The van der Waals surface area contributed by atoms with Crippen LogP contribution in [0.15, 0.2) is 24.3 Å². The smallest absolute Gasteiger partial charge is 0.274 e. The van der Waals surface area contributed by atoms with Gasteiger partial charge in [0.15, 0.2) is 0 Å². The maximum atomic E-state index is 10.9. The van der Waals surface area contributed by atoms with Crippen molar-refractivity contribution in [3.63, 3.8) is 0 Å². The summed E-state index contributed by atoms with van der Waals surface area (Å²) >= 11 is 0. The highest BCUT2D eigenvalue weighted by molar-refractivity contribution is 5.41. The van der Waals surface area contributed by atoms with Crippen LogP contribution in [0.2, 0.25) is 0 Å². The Morgan fingerprint density at radius 2 is 2.06 bits per heavy atom. The van der Waals surface area contributed by atoms with E-state index in [1.165, 1.54) is 6.07 Å². The van der Waals surface area contributed by atoms with Gasteiger partial charge in [0.2, 0.25) is 0 Å². The molecule has 0 fully saturated rings. The van der Waals surface area contributed by atoms with Crippen molar-refractivity contribution < 1.29 is 10.0 Å². The fraction of sp³-hybridized carbons (Fsp3) is 0.538. The first-order valence-electron chi connectivity index (χ1n) is 6.24. The van der Waals surface area contributed by atoms with Crippen LogP contribution >= 0.6 is 0 Å². The number of benzene rings is 1. The lowest BCUT2D eigenvalue weighted by Crippen LogP contribution is -2.20. The maximum absolute atomic E-state index is 10.9. The molecule has 1 aromatic rings. The number of nitrogens with one attached hydrogen (secondary N) is 1. The van der Waals surface area contributed by atoms with E-state index in [4.69, 9.17) is 5.11 Å². The average Bonchev–Trinajstić information content (AvgIpc) is 2.38. The summed E-state index contributed by atoms with van der Waals surface area (Å²) in [4.78, 5) is 10.5. The van der Waals surface area contributed by atoms with Crippen LogP contribution in [-0.4, -0.2) is 23.2 Å². The van der Waals surface area contributed by atoms with Crippen LogP contribution in [0.25, 0.3) is 0 Å². The molecule has 0 aliphatic rings. The van der Waals surface area contributed by atoms with Crippen molar-refractivity contribution in [2.45, 2.75) is 32.2 Å². The van der Waals surface area contributed by atoms with E-state index in [1.54, 1.807) is 12.1 Å². The van der Waals surface area contributed by atoms with Crippen molar-refractivity contribution in [2.75, 3.05) is 13.2 Å². The summed E-state index contributed by atoms with van der Waals surface area (Å²) < 4.78 is 0. The van der Waals surface area contributed by atoms with E-state index in [0.717, 1.165) is 25.8 Å². The highest BCUT2D eigenvalue weighted by Crippen LogP contribution is 2.24. The van der Waals surface area contributed by atoms with Gasteiger partial charge in [-0.3, -0.25) is 10.1 Å². The van der Waals surface area contributed by atoms with Gasteiger partial charge in [0.1, 0.15) is 0 Å². The molecule has 1 aromatic carbocycles. The van der Waals surface area contributed by atoms with Gasteiger partial charge in [-0.05, 0) is 32.7 Å². The molecule has 5 nitrogen and oxygen atoms in total. The molecule has 5 heteroatoms. The van der Waals surface area contributed by atoms with Crippen LogP contribution in [0, 0.1) is 10.1 Å². The van der Waals surface area contributed by atoms with Crippen molar-refractivity contribution >= 4 is 5.69 Å². The van der Waals surface area contributed by atoms with Gasteiger partial charge in [-0.2, -0.15) is 0 Å².